The molecule has 0 radical (unpaired) electrons. The lowest BCUT2D eigenvalue weighted by atomic mass is 9.90. The Balaban J connectivity index is 2.39. The van der Waals surface area contributed by atoms with E-state index in [1.807, 2.05) is 0 Å². The predicted molar refractivity (Wildman–Crippen MR) is 33.2 cm³/mol. The van der Waals surface area contributed by atoms with Crippen LogP contribution in [0.1, 0.15) is 25.7 Å². The summed E-state index contributed by atoms with van der Waals surface area (Å²) in [7, 11) is 0. The zero-order valence-electron chi connectivity index (χ0n) is 4.85. The lowest BCUT2D eigenvalue weighted by molar-refractivity contribution is 0.505. The molecular formula is C7H9N. The maximum absolute atomic E-state index is 4.21. The van der Waals surface area contributed by atoms with E-state index in [-0.39, 0.29) is 0 Å². The summed E-state index contributed by atoms with van der Waals surface area (Å²) in [6, 6.07) is 0.646. The monoisotopic (exact) mass is 107 g/mol. The van der Waals surface area contributed by atoms with Crippen LogP contribution >= 0.6 is 0 Å². The summed E-state index contributed by atoms with van der Waals surface area (Å²) >= 11 is 0. The molecule has 42 valence electrons. The fourth-order valence-corrected chi connectivity index (χ4v) is 1.37. The lowest BCUT2D eigenvalue weighted by Crippen LogP contribution is -2.15. The number of allylic oxidation sites excluding steroid dienone is 1. The Morgan fingerprint density at radius 2 is 2.12 bits per heavy atom. The molecule has 2 heterocycles. The quantitative estimate of drug-likeness (QED) is 0.445. The smallest absolute Gasteiger partial charge is 0.0600 e. The van der Waals surface area contributed by atoms with Crippen molar-refractivity contribution in [2.45, 2.75) is 31.7 Å². The van der Waals surface area contributed by atoms with Crippen LogP contribution in [0.4, 0.5) is 0 Å². The minimum absolute atomic E-state index is 0.646. The molecule has 2 bridgehead atoms. The Morgan fingerprint density at radius 3 is 2.25 bits per heavy atom. The number of nitrogens with zero attached hydrogens (tertiary/aromatic N) is 1. The van der Waals surface area contributed by atoms with E-state index >= 15 is 0 Å². The summed E-state index contributed by atoms with van der Waals surface area (Å²) in [6.45, 7) is 0. The molecule has 0 aromatic carbocycles. The average Bonchev–Trinajstić information content (AvgIpc) is 1.92. The van der Waals surface area contributed by atoms with Crippen LogP contribution in [-0.4, -0.2) is 11.9 Å². The van der Waals surface area contributed by atoms with Gasteiger partial charge >= 0.3 is 0 Å². The molecule has 0 aromatic heterocycles. The Bertz CT molecular complexity index is 153. The van der Waals surface area contributed by atoms with Crippen LogP contribution in [0.5, 0.6) is 0 Å². The first kappa shape index (κ1) is 4.34. The highest BCUT2D eigenvalue weighted by molar-refractivity contribution is 5.60. The van der Waals surface area contributed by atoms with Crippen molar-refractivity contribution in [2.75, 3.05) is 0 Å². The Kier molecular flexibility index (Phi) is 0.793. The fraction of sp³-hybridized carbons (Fsp3) is 0.714. The molecule has 1 heteroatoms. The first-order chi connectivity index (χ1) is 3.95. The second kappa shape index (κ2) is 1.46. The summed E-state index contributed by atoms with van der Waals surface area (Å²) in [5.74, 6) is 3.06. The molecule has 2 aliphatic heterocycles. The fourth-order valence-electron chi connectivity index (χ4n) is 1.37. The van der Waals surface area contributed by atoms with E-state index in [0.717, 1.165) is 0 Å². The van der Waals surface area contributed by atoms with Crippen molar-refractivity contribution < 1.29 is 0 Å². The molecular weight excluding hydrogens is 98.1 g/mol. The highest BCUT2D eigenvalue weighted by atomic mass is 14.8. The van der Waals surface area contributed by atoms with Crippen molar-refractivity contribution in [2.24, 2.45) is 4.99 Å². The first-order valence-corrected chi connectivity index (χ1v) is 3.26. The van der Waals surface area contributed by atoms with Gasteiger partial charge < -0.3 is 0 Å². The SMILES string of the molecule is C1=NC2CCC=1CC2. The van der Waals surface area contributed by atoms with Crippen molar-refractivity contribution in [1.29, 1.82) is 0 Å². The van der Waals surface area contributed by atoms with E-state index in [0.29, 0.717) is 6.04 Å². The number of rotatable bonds is 0. The molecule has 8 heavy (non-hydrogen) atoms. The molecule has 0 amide bonds. The molecule has 0 spiro atoms. The van der Waals surface area contributed by atoms with E-state index in [4.69, 9.17) is 0 Å². The summed E-state index contributed by atoms with van der Waals surface area (Å²) in [5, 5.41) is 0. The largest absolute Gasteiger partial charge is 0.240 e. The van der Waals surface area contributed by atoms with Crippen LogP contribution in [-0.2, 0) is 0 Å². The van der Waals surface area contributed by atoms with Gasteiger partial charge in [-0.3, -0.25) is 0 Å². The van der Waals surface area contributed by atoms with Crippen molar-refractivity contribution in [3.8, 4) is 0 Å². The molecule has 1 nitrogen and oxygen atoms in total. The third kappa shape index (κ3) is 0.517. The molecule has 0 unspecified atom stereocenters. The van der Waals surface area contributed by atoms with Crippen molar-refractivity contribution in [1.82, 2.24) is 0 Å². The number of hydrogen-bond donors (Lipinski definition) is 0. The van der Waals surface area contributed by atoms with Gasteiger partial charge in [0.25, 0.3) is 0 Å². The molecule has 1 fully saturated rings. The van der Waals surface area contributed by atoms with Gasteiger partial charge in [-0.2, -0.15) is 0 Å². The van der Waals surface area contributed by atoms with Gasteiger partial charge in [-0.05, 0) is 37.1 Å². The summed E-state index contributed by atoms with van der Waals surface area (Å²) in [6.07, 6.45) is 5.13. The maximum atomic E-state index is 4.21. The van der Waals surface area contributed by atoms with E-state index < -0.39 is 0 Å². The Hall–Kier alpha value is -0.550. The first-order valence-electron chi connectivity index (χ1n) is 3.26. The third-order valence-corrected chi connectivity index (χ3v) is 1.96. The van der Waals surface area contributed by atoms with Crippen LogP contribution in [0.15, 0.2) is 10.6 Å². The van der Waals surface area contributed by atoms with Crippen molar-refractivity contribution in [3.05, 3.63) is 5.57 Å². The van der Waals surface area contributed by atoms with Crippen LogP contribution in [0.3, 0.4) is 0 Å². The number of fused-ring (bicyclic) bond motifs is 2. The second-order valence-corrected chi connectivity index (χ2v) is 2.58. The maximum Gasteiger partial charge on any atom is 0.0600 e. The van der Waals surface area contributed by atoms with Gasteiger partial charge in [-0.1, -0.05) is 0 Å². The van der Waals surface area contributed by atoms with E-state index in [1.165, 1.54) is 31.3 Å². The van der Waals surface area contributed by atoms with Gasteiger partial charge in [-0.25, -0.2) is 4.99 Å². The molecule has 0 saturated heterocycles. The lowest BCUT2D eigenvalue weighted by Gasteiger charge is -2.21. The zero-order valence-corrected chi connectivity index (χ0v) is 4.85. The minimum atomic E-state index is 0.646. The summed E-state index contributed by atoms with van der Waals surface area (Å²) < 4.78 is 0. The standard InChI is InChI=1S/C7H9N/c1-3-7-4-2-6(1)5-8-7/h7H,1-4H2. The molecule has 1 saturated carbocycles. The Morgan fingerprint density at radius 1 is 1.38 bits per heavy atom. The van der Waals surface area contributed by atoms with Gasteiger partial charge in [0.05, 0.1) is 6.04 Å². The predicted octanol–water partition coefficient (Wildman–Crippen LogP) is 1.54. The van der Waals surface area contributed by atoms with Gasteiger partial charge in [0.15, 0.2) is 0 Å². The summed E-state index contributed by atoms with van der Waals surface area (Å²) in [5.41, 5.74) is 1.45. The van der Waals surface area contributed by atoms with E-state index in [9.17, 15) is 0 Å². The van der Waals surface area contributed by atoms with Gasteiger partial charge in [0.2, 0.25) is 0 Å². The second-order valence-electron chi connectivity index (χ2n) is 2.58. The highest BCUT2D eigenvalue weighted by Gasteiger charge is 2.18. The van der Waals surface area contributed by atoms with E-state index in [1.54, 1.807) is 0 Å². The minimum Gasteiger partial charge on any atom is -0.240 e. The van der Waals surface area contributed by atoms with Crippen LogP contribution in [0.2, 0.25) is 0 Å². The summed E-state index contributed by atoms with van der Waals surface area (Å²) in [4.78, 5) is 4.21. The molecule has 0 atom stereocenters. The van der Waals surface area contributed by atoms with Crippen LogP contribution < -0.4 is 0 Å². The Labute approximate surface area is 49.1 Å². The van der Waals surface area contributed by atoms with Crippen LogP contribution in [0, 0.1) is 0 Å². The average molecular weight is 107 g/mol. The van der Waals surface area contributed by atoms with Crippen LogP contribution in [0.25, 0.3) is 0 Å². The molecule has 3 rings (SSSR count). The van der Waals surface area contributed by atoms with Gasteiger partial charge in [0, 0.05) is 0 Å². The number of aliphatic imine (C=N–C) groups is 1. The van der Waals surface area contributed by atoms with Gasteiger partial charge in [0.1, 0.15) is 0 Å². The topological polar surface area (TPSA) is 12.4 Å². The van der Waals surface area contributed by atoms with E-state index in [2.05, 4.69) is 10.9 Å². The normalized spacial score (nSPS) is 26.2. The molecule has 1 aliphatic carbocycles. The number of hydrogen-bond acceptors (Lipinski definition) is 1. The molecule has 3 aliphatic rings. The highest BCUT2D eigenvalue weighted by Crippen LogP contribution is 2.26. The molecule has 0 N–H and O–H groups in total. The third-order valence-electron chi connectivity index (χ3n) is 1.96. The van der Waals surface area contributed by atoms with Gasteiger partial charge in [-0.15, -0.1) is 0 Å². The van der Waals surface area contributed by atoms with Crippen molar-refractivity contribution in [3.63, 3.8) is 0 Å². The zero-order chi connectivity index (χ0) is 5.40. The molecule has 0 aromatic rings. The van der Waals surface area contributed by atoms with Crippen molar-refractivity contribution >= 4 is 5.87 Å².